The minimum absolute atomic E-state index is 0.128. The van der Waals surface area contributed by atoms with E-state index >= 15 is 0 Å². The number of carbonyl (C=O) groups is 2. The number of hydrogen-bond acceptors (Lipinski definition) is 3. The van der Waals surface area contributed by atoms with Crippen molar-refractivity contribution in [1.82, 2.24) is 4.90 Å². The summed E-state index contributed by atoms with van der Waals surface area (Å²) in [5.74, 6) is -1.98. The standard InChI is InChI=1S/C28H25Cl3FNO4/c1-2-3-23(28(35)36)33-25(17-6-8-18(29)9-7-17)26(21-13-10-19(30)15-22(21)31)37-24(27(33)34)14-16-4-11-20(32)12-5-16/h4-13,15,23-26H,2-3,14H2,1H3,(H,35,36)/t23-,24-,25+,26-/m1/s1. The number of amides is 1. The van der Waals surface area contributed by atoms with Crippen LogP contribution in [0.15, 0.2) is 66.7 Å². The maximum absolute atomic E-state index is 14.0. The van der Waals surface area contributed by atoms with Gasteiger partial charge in [-0.3, -0.25) is 4.79 Å². The van der Waals surface area contributed by atoms with Crippen LogP contribution in [0.2, 0.25) is 15.1 Å². The SMILES string of the molecule is CCC[C@H](C(=O)O)N1C(=O)[C@@H](Cc2ccc(F)cc2)O[C@H](c2ccc(Cl)cc2Cl)[C@@H]1c1ccc(Cl)cc1. The molecule has 1 N–H and O–H groups in total. The minimum Gasteiger partial charge on any atom is -0.480 e. The Labute approximate surface area is 229 Å². The van der Waals surface area contributed by atoms with Gasteiger partial charge in [0.25, 0.3) is 5.91 Å². The molecule has 0 bridgehead atoms. The molecule has 3 aromatic carbocycles. The van der Waals surface area contributed by atoms with Crippen LogP contribution in [0.3, 0.4) is 0 Å². The van der Waals surface area contributed by atoms with Gasteiger partial charge < -0.3 is 14.7 Å². The van der Waals surface area contributed by atoms with Gasteiger partial charge in [-0.05, 0) is 53.9 Å². The average molecular weight is 565 g/mol. The Morgan fingerprint density at radius 3 is 2.27 bits per heavy atom. The number of carbonyl (C=O) groups excluding carboxylic acids is 1. The Kier molecular flexibility index (Phi) is 8.75. The summed E-state index contributed by atoms with van der Waals surface area (Å²) in [7, 11) is 0. The maximum atomic E-state index is 14.0. The van der Waals surface area contributed by atoms with Crippen LogP contribution in [0.5, 0.6) is 0 Å². The van der Waals surface area contributed by atoms with Gasteiger partial charge in [0.1, 0.15) is 24.1 Å². The highest BCUT2D eigenvalue weighted by Crippen LogP contribution is 2.46. The van der Waals surface area contributed by atoms with Gasteiger partial charge in [0.05, 0.1) is 6.04 Å². The summed E-state index contributed by atoms with van der Waals surface area (Å²) in [5, 5.41) is 11.4. The molecule has 1 heterocycles. The molecule has 4 atom stereocenters. The van der Waals surface area contributed by atoms with Crippen molar-refractivity contribution in [3.63, 3.8) is 0 Å². The van der Waals surface area contributed by atoms with E-state index in [-0.39, 0.29) is 12.8 Å². The molecule has 0 saturated carbocycles. The monoisotopic (exact) mass is 563 g/mol. The van der Waals surface area contributed by atoms with Crippen molar-refractivity contribution in [2.24, 2.45) is 0 Å². The number of morpholine rings is 1. The van der Waals surface area contributed by atoms with Crippen LogP contribution >= 0.6 is 34.8 Å². The first-order valence-corrected chi connectivity index (χ1v) is 13.0. The van der Waals surface area contributed by atoms with Crippen molar-refractivity contribution >= 4 is 46.7 Å². The van der Waals surface area contributed by atoms with Crippen molar-refractivity contribution in [2.45, 2.75) is 50.5 Å². The van der Waals surface area contributed by atoms with Gasteiger partial charge >= 0.3 is 5.97 Å². The molecule has 5 nitrogen and oxygen atoms in total. The molecular weight excluding hydrogens is 540 g/mol. The molecule has 0 spiro atoms. The van der Waals surface area contributed by atoms with Gasteiger partial charge in [0.15, 0.2) is 0 Å². The van der Waals surface area contributed by atoms with Crippen molar-refractivity contribution in [1.29, 1.82) is 0 Å². The van der Waals surface area contributed by atoms with Crippen molar-refractivity contribution < 1.29 is 23.8 Å². The minimum atomic E-state index is -1.11. The number of benzene rings is 3. The van der Waals surface area contributed by atoms with Crippen LogP contribution in [-0.4, -0.2) is 34.0 Å². The van der Waals surface area contributed by atoms with Gasteiger partial charge in [0, 0.05) is 27.1 Å². The van der Waals surface area contributed by atoms with E-state index in [1.165, 1.54) is 17.0 Å². The summed E-state index contributed by atoms with van der Waals surface area (Å²) in [6, 6.07) is 15.7. The largest absolute Gasteiger partial charge is 0.480 e. The zero-order chi connectivity index (χ0) is 26.7. The number of nitrogens with zero attached hydrogens (tertiary/aromatic N) is 1. The molecule has 0 aromatic heterocycles. The van der Waals surface area contributed by atoms with E-state index in [4.69, 9.17) is 39.5 Å². The van der Waals surface area contributed by atoms with Gasteiger partial charge in [0.2, 0.25) is 0 Å². The van der Waals surface area contributed by atoms with Crippen LogP contribution in [0, 0.1) is 5.82 Å². The Hall–Kier alpha value is -2.64. The Balaban J connectivity index is 1.88. The van der Waals surface area contributed by atoms with E-state index in [1.807, 2.05) is 6.92 Å². The van der Waals surface area contributed by atoms with Gasteiger partial charge in [-0.1, -0.05) is 78.5 Å². The average Bonchev–Trinajstić information content (AvgIpc) is 2.86. The predicted octanol–water partition coefficient (Wildman–Crippen LogP) is 7.29. The lowest BCUT2D eigenvalue weighted by Crippen LogP contribution is -2.57. The Morgan fingerprint density at radius 2 is 1.68 bits per heavy atom. The fraction of sp³-hybridized carbons (Fsp3) is 0.286. The highest BCUT2D eigenvalue weighted by Gasteiger charge is 2.48. The smallest absolute Gasteiger partial charge is 0.326 e. The van der Waals surface area contributed by atoms with E-state index < -0.39 is 42.0 Å². The Bertz CT molecular complexity index is 1270. The van der Waals surface area contributed by atoms with E-state index in [2.05, 4.69) is 0 Å². The number of hydrogen-bond donors (Lipinski definition) is 1. The van der Waals surface area contributed by atoms with Gasteiger partial charge in [-0.15, -0.1) is 0 Å². The van der Waals surface area contributed by atoms with E-state index in [1.54, 1.807) is 54.6 Å². The normalized spacial score (nSPS) is 20.6. The van der Waals surface area contributed by atoms with Crippen LogP contribution in [0.1, 0.15) is 48.6 Å². The molecule has 194 valence electrons. The first kappa shape index (κ1) is 27.4. The summed E-state index contributed by atoms with van der Waals surface area (Å²) in [6.07, 6.45) is -0.917. The number of rotatable bonds is 8. The summed E-state index contributed by atoms with van der Waals surface area (Å²) >= 11 is 18.9. The maximum Gasteiger partial charge on any atom is 0.326 e. The van der Waals surface area contributed by atoms with Crippen LogP contribution < -0.4 is 0 Å². The van der Waals surface area contributed by atoms with Crippen molar-refractivity contribution in [3.05, 3.63) is 104 Å². The first-order valence-electron chi connectivity index (χ1n) is 11.8. The van der Waals surface area contributed by atoms with Crippen LogP contribution in [0.25, 0.3) is 0 Å². The molecule has 1 fully saturated rings. The molecule has 1 amide bonds. The lowest BCUT2D eigenvalue weighted by atomic mass is 9.88. The summed E-state index contributed by atoms with van der Waals surface area (Å²) in [4.78, 5) is 27.9. The zero-order valence-corrected chi connectivity index (χ0v) is 22.2. The fourth-order valence-electron chi connectivity index (χ4n) is 4.70. The van der Waals surface area contributed by atoms with Crippen LogP contribution in [0.4, 0.5) is 4.39 Å². The predicted molar refractivity (Wildman–Crippen MR) is 142 cm³/mol. The highest BCUT2D eigenvalue weighted by molar-refractivity contribution is 6.35. The van der Waals surface area contributed by atoms with Crippen LogP contribution in [-0.2, 0) is 20.7 Å². The number of halogens is 4. The second-order valence-corrected chi connectivity index (χ2v) is 10.2. The lowest BCUT2D eigenvalue weighted by Gasteiger charge is -2.47. The number of carboxylic acids is 1. The summed E-state index contributed by atoms with van der Waals surface area (Å²) in [6.45, 7) is 1.86. The molecule has 0 aliphatic carbocycles. The molecule has 0 unspecified atom stereocenters. The third-order valence-electron chi connectivity index (χ3n) is 6.43. The van der Waals surface area contributed by atoms with E-state index in [0.717, 1.165) is 0 Å². The number of aliphatic carboxylic acids is 1. The quantitative estimate of drug-likeness (QED) is 0.312. The summed E-state index contributed by atoms with van der Waals surface area (Å²) < 4.78 is 19.9. The topological polar surface area (TPSA) is 66.8 Å². The fourth-order valence-corrected chi connectivity index (χ4v) is 5.34. The molecule has 1 saturated heterocycles. The van der Waals surface area contributed by atoms with E-state index in [0.29, 0.717) is 38.2 Å². The first-order chi connectivity index (χ1) is 17.7. The Morgan fingerprint density at radius 1 is 1.03 bits per heavy atom. The number of ether oxygens (including phenoxy) is 1. The second-order valence-electron chi connectivity index (χ2n) is 8.93. The molecule has 4 rings (SSSR count). The third-order valence-corrected chi connectivity index (χ3v) is 7.24. The third kappa shape index (κ3) is 6.10. The molecule has 3 aromatic rings. The lowest BCUT2D eigenvalue weighted by molar-refractivity contribution is -0.184. The molecule has 1 aliphatic rings. The molecule has 0 radical (unpaired) electrons. The number of carboxylic acid groups (broad SMARTS) is 1. The van der Waals surface area contributed by atoms with E-state index in [9.17, 15) is 19.1 Å². The molecule has 9 heteroatoms. The molecule has 1 aliphatic heterocycles. The summed E-state index contributed by atoms with van der Waals surface area (Å²) in [5.41, 5.74) is 1.89. The van der Waals surface area contributed by atoms with Gasteiger partial charge in [-0.2, -0.15) is 0 Å². The van der Waals surface area contributed by atoms with Gasteiger partial charge in [-0.25, -0.2) is 9.18 Å². The van der Waals surface area contributed by atoms with Crippen molar-refractivity contribution in [2.75, 3.05) is 0 Å². The highest BCUT2D eigenvalue weighted by atomic mass is 35.5. The van der Waals surface area contributed by atoms with Crippen molar-refractivity contribution in [3.8, 4) is 0 Å². The second kappa shape index (κ2) is 11.8. The zero-order valence-electron chi connectivity index (χ0n) is 19.9. The molecular formula is C28H25Cl3FNO4. The molecule has 37 heavy (non-hydrogen) atoms.